The first kappa shape index (κ1) is 65.3. The van der Waals surface area contributed by atoms with E-state index in [4.69, 9.17) is 47.4 Å². The van der Waals surface area contributed by atoms with Gasteiger partial charge in [-0.1, -0.05) is 49.2 Å². The summed E-state index contributed by atoms with van der Waals surface area (Å²) in [4.78, 5) is 87.6. The predicted octanol–water partition coefficient (Wildman–Crippen LogP) is 6.33. The smallest absolute Gasteiger partial charge is 0.410 e. The number of rotatable bonds is 27. The molecule has 2 N–H and O–H groups in total. The van der Waals surface area contributed by atoms with Gasteiger partial charge in [-0.05, 0) is 83.6 Å². The number of methoxy groups -OCH3 is 3. The number of anilines is 2. The van der Waals surface area contributed by atoms with Gasteiger partial charge < -0.3 is 62.9 Å². The van der Waals surface area contributed by atoms with Crippen LogP contribution < -0.4 is 10.6 Å². The standard InChI is InChI=1S/C22H38N2O7.C19H27NO5.C15H21NO5/c1-22(2,3)31-21(27)24-11-9-23(10-12-24)13-14-29-19(25)17-7-5-6-8-18(17)20(26)30-16-15-28-4;1-23-13-14-25-19(22)16-9-7-15(8-10-16)18(21)24-12-11-20-17-5-3-2-4-6-17;1-19-11-12-21-15(18)8-7-14(17)20-10-9-16-13-5-3-2-4-6-13/h17-18H,5-16H2,1-4H3;2-6,15-16,20H,7-14H2,1H3;2-6,16H,7-12H2,1H3. The van der Waals surface area contributed by atoms with Crippen LogP contribution in [-0.4, -0.2) is 184 Å². The van der Waals surface area contributed by atoms with Crippen LogP contribution in [0.1, 0.15) is 85.0 Å². The Bertz CT molecular complexity index is 1990. The van der Waals surface area contributed by atoms with Gasteiger partial charge in [-0.3, -0.25) is 33.7 Å². The number of hydrogen-bond acceptors (Lipinski definition) is 20. The number of benzene rings is 2. The van der Waals surface area contributed by atoms with Crippen LogP contribution in [0.15, 0.2) is 60.7 Å². The lowest BCUT2D eigenvalue weighted by atomic mass is 9.79. The number of nitrogens with zero attached hydrogens (tertiary/aromatic N) is 2. The Hall–Kier alpha value is -6.03. The number of amides is 1. The molecule has 5 rings (SSSR count). The highest BCUT2D eigenvalue weighted by molar-refractivity contribution is 5.82. The van der Waals surface area contributed by atoms with Gasteiger partial charge >= 0.3 is 41.9 Å². The van der Waals surface area contributed by atoms with E-state index in [1.165, 1.54) is 7.11 Å². The minimum atomic E-state index is -0.504. The number of piperazine rings is 1. The number of nitrogens with one attached hydrogen (secondary N) is 2. The van der Waals surface area contributed by atoms with E-state index in [0.717, 1.165) is 24.2 Å². The number of carbonyl (C=O) groups excluding carboxylic acids is 7. The van der Waals surface area contributed by atoms with Gasteiger partial charge in [0.25, 0.3) is 0 Å². The molecule has 2 unspecified atom stereocenters. The van der Waals surface area contributed by atoms with Crippen molar-refractivity contribution in [2.45, 2.75) is 90.6 Å². The van der Waals surface area contributed by atoms with Crippen molar-refractivity contribution in [2.24, 2.45) is 23.7 Å². The van der Waals surface area contributed by atoms with E-state index in [9.17, 15) is 33.6 Å². The summed E-state index contributed by atoms with van der Waals surface area (Å²) in [7, 11) is 4.64. The van der Waals surface area contributed by atoms with E-state index >= 15 is 0 Å². The summed E-state index contributed by atoms with van der Waals surface area (Å²) in [5.74, 6) is -2.93. The molecule has 1 amide bonds. The molecule has 432 valence electrons. The quantitative estimate of drug-likeness (QED) is 0.0564. The molecule has 0 radical (unpaired) electrons. The Balaban J connectivity index is 0.000000310. The topological polar surface area (TPSA) is 242 Å². The third-order valence-corrected chi connectivity index (χ3v) is 12.5. The molecule has 2 aromatic carbocycles. The van der Waals surface area contributed by atoms with Crippen LogP contribution in [0.4, 0.5) is 16.2 Å². The molecule has 21 nitrogen and oxygen atoms in total. The third-order valence-electron chi connectivity index (χ3n) is 12.5. The highest BCUT2D eigenvalue weighted by atomic mass is 16.6. The normalized spacial score (nSPS) is 18.3. The van der Waals surface area contributed by atoms with Crippen LogP contribution in [0, 0.1) is 23.7 Å². The second-order valence-corrected chi connectivity index (χ2v) is 19.5. The molecule has 2 saturated carbocycles. The van der Waals surface area contributed by atoms with Gasteiger partial charge in [0.05, 0.1) is 56.3 Å². The molecule has 0 aromatic heterocycles. The average Bonchev–Trinajstić information content (AvgIpc) is 3.43. The molecule has 77 heavy (non-hydrogen) atoms. The lowest BCUT2D eigenvalue weighted by Gasteiger charge is -2.35. The summed E-state index contributed by atoms with van der Waals surface area (Å²) in [6, 6.07) is 19.4. The molecule has 1 saturated heterocycles. The monoisotopic (exact) mass is 1090 g/mol. The first-order valence-corrected chi connectivity index (χ1v) is 26.9. The van der Waals surface area contributed by atoms with Crippen LogP contribution in [0.5, 0.6) is 0 Å². The summed E-state index contributed by atoms with van der Waals surface area (Å²) in [5.41, 5.74) is 1.47. The Kier molecular flexibility index (Phi) is 32.6. The molecule has 0 spiro atoms. The van der Waals surface area contributed by atoms with Crippen molar-refractivity contribution >= 4 is 53.3 Å². The van der Waals surface area contributed by atoms with Crippen LogP contribution >= 0.6 is 0 Å². The second-order valence-electron chi connectivity index (χ2n) is 19.5. The first-order valence-electron chi connectivity index (χ1n) is 26.9. The minimum absolute atomic E-state index is 0.0225. The zero-order valence-electron chi connectivity index (χ0n) is 46.3. The highest BCUT2D eigenvalue weighted by Gasteiger charge is 2.38. The summed E-state index contributed by atoms with van der Waals surface area (Å²) in [5, 5.41) is 6.32. The number of para-hydroxylation sites is 2. The fraction of sp³-hybridized carbons (Fsp3) is 0.661. The molecule has 3 aliphatic rings. The first-order chi connectivity index (χ1) is 37.1. The Morgan fingerprint density at radius 3 is 1.31 bits per heavy atom. The van der Waals surface area contributed by atoms with Crippen molar-refractivity contribution in [1.82, 2.24) is 9.80 Å². The fourth-order valence-electron chi connectivity index (χ4n) is 8.32. The molecule has 2 atom stereocenters. The van der Waals surface area contributed by atoms with Gasteiger partial charge in [0, 0.05) is 78.5 Å². The average molecular weight is 1090 g/mol. The van der Waals surface area contributed by atoms with E-state index in [1.54, 1.807) is 19.1 Å². The molecule has 3 fully saturated rings. The lowest BCUT2D eigenvalue weighted by molar-refractivity contribution is -0.163. The zero-order valence-corrected chi connectivity index (χ0v) is 46.3. The third kappa shape index (κ3) is 28.8. The van der Waals surface area contributed by atoms with Crippen molar-refractivity contribution in [3.05, 3.63) is 60.7 Å². The summed E-state index contributed by atoms with van der Waals surface area (Å²) in [6.07, 6.45) is 5.58. The van der Waals surface area contributed by atoms with Gasteiger partial charge in [0.2, 0.25) is 0 Å². The van der Waals surface area contributed by atoms with E-state index < -0.39 is 29.4 Å². The summed E-state index contributed by atoms with van der Waals surface area (Å²) < 4.78 is 51.0. The van der Waals surface area contributed by atoms with Gasteiger partial charge in [-0.2, -0.15) is 0 Å². The SMILES string of the molecule is COCCOC(=O)C1CCC(C(=O)OCCNc2ccccc2)CC1.COCCOC(=O)C1CCCCC1C(=O)OCCN1CCN(C(=O)OC(C)(C)C)CC1.COCCOC(=O)CCC(=O)OCCNc1ccccc1. The predicted molar refractivity (Wildman–Crippen MR) is 286 cm³/mol. The highest BCUT2D eigenvalue weighted by Crippen LogP contribution is 2.33. The molecule has 21 heteroatoms. The maximum Gasteiger partial charge on any atom is 0.410 e. The maximum absolute atomic E-state index is 12.6. The Morgan fingerprint density at radius 2 is 0.870 bits per heavy atom. The van der Waals surface area contributed by atoms with Gasteiger partial charge in [0.1, 0.15) is 45.2 Å². The van der Waals surface area contributed by atoms with E-state index in [1.807, 2.05) is 81.4 Å². The molecule has 1 aliphatic heterocycles. The Labute approximate surface area is 454 Å². The second kappa shape index (κ2) is 38.5. The fourth-order valence-corrected chi connectivity index (χ4v) is 8.32. The van der Waals surface area contributed by atoms with Crippen molar-refractivity contribution in [1.29, 1.82) is 0 Å². The molecular weight excluding hydrogens is 1000 g/mol. The summed E-state index contributed by atoms with van der Waals surface area (Å²) in [6.45, 7) is 12.5. The van der Waals surface area contributed by atoms with E-state index in [-0.39, 0.29) is 87.7 Å². The number of carbonyl (C=O) groups is 7. The molecule has 0 bridgehead atoms. The van der Waals surface area contributed by atoms with Crippen LogP contribution in [-0.2, 0) is 76.1 Å². The van der Waals surface area contributed by atoms with E-state index in [0.29, 0.717) is 111 Å². The van der Waals surface area contributed by atoms with Gasteiger partial charge in [-0.25, -0.2) is 4.79 Å². The number of ether oxygens (including phenoxy) is 10. The molecule has 2 aromatic rings. The largest absolute Gasteiger partial charge is 0.464 e. The molecule has 2 aliphatic carbocycles. The van der Waals surface area contributed by atoms with Crippen LogP contribution in [0.2, 0.25) is 0 Å². The number of esters is 6. The molecule has 1 heterocycles. The van der Waals surface area contributed by atoms with E-state index in [2.05, 4.69) is 15.5 Å². The summed E-state index contributed by atoms with van der Waals surface area (Å²) >= 11 is 0. The number of hydrogen-bond donors (Lipinski definition) is 2. The van der Waals surface area contributed by atoms with Crippen LogP contribution in [0.3, 0.4) is 0 Å². The lowest BCUT2D eigenvalue weighted by Crippen LogP contribution is -2.50. The van der Waals surface area contributed by atoms with Crippen molar-refractivity contribution in [3.63, 3.8) is 0 Å². The maximum atomic E-state index is 12.6. The van der Waals surface area contributed by atoms with Crippen molar-refractivity contribution < 1.29 is 80.9 Å². The van der Waals surface area contributed by atoms with Crippen molar-refractivity contribution in [2.75, 3.05) is 137 Å². The van der Waals surface area contributed by atoms with Crippen LogP contribution in [0.25, 0.3) is 0 Å². The van der Waals surface area contributed by atoms with Gasteiger partial charge in [-0.15, -0.1) is 0 Å². The van der Waals surface area contributed by atoms with Gasteiger partial charge in [0.15, 0.2) is 0 Å². The molecular formula is C56H86N4O17. The Morgan fingerprint density at radius 1 is 0.481 bits per heavy atom. The zero-order chi connectivity index (χ0) is 56.1. The van der Waals surface area contributed by atoms with Crippen molar-refractivity contribution in [3.8, 4) is 0 Å². The minimum Gasteiger partial charge on any atom is -0.464 e.